The number of hydrogen-bond acceptors (Lipinski definition) is 1. The Hall–Kier alpha value is -1.03. The second-order valence-corrected chi connectivity index (χ2v) is 6.56. The van der Waals surface area contributed by atoms with Crippen LogP contribution in [0.4, 0.5) is 13.2 Å². The fraction of sp³-hybridized carbons (Fsp3) is 0.647. The molecule has 116 valence electrons. The minimum absolute atomic E-state index is 0.000948. The SMILES string of the molecule is CCNC(CC1CC2CCC1C2)c1c(F)cc(F)cc1F. The number of rotatable bonds is 5. The Morgan fingerprint density at radius 2 is 1.86 bits per heavy atom. The number of benzene rings is 1. The molecule has 2 fully saturated rings. The van der Waals surface area contributed by atoms with Gasteiger partial charge in [0.25, 0.3) is 0 Å². The highest BCUT2D eigenvalue weighted by Gasteiger charge is 2.40. The van der Waals surface area contributed by atoms with Gasteiger partial charge >= 0.3 is 0 Å². The molecule has 2 aliphatic rings. The molecule has 4 atom stereocenters. The summed E-state index contributed by atoms with van der Waals surface area (Å²) >= 11 is 0. The highest BCUT2D eigenvalue weighted by Crippen LogP contribution is 2.51. The Bertz CT molecular complexity index is 494. The zero-order chi connectivity index (χ0) is 15.0. The van der Waals surface area contributed by atoms with E-state index in [-0.39, 0.29) is 11.6 Å². The molecule has 0 heterocycles. The molecule has 1 aromatic carbocycles. The summed E-state index contributed by atoms with van der Waals surface area (Å²) in [5.74, 6) is -0.350. The second kappa shape index (κ2) is 5.99. The van der Waals surface area contributed by atoms with Gasteiger partial charge in [-0.1, -0.05) is 13.3 Å². The van der Waals surface area contributed by atoms with E-state index in [9.17, 15) is 13.2 Å². The molecule has 2 bridgehead atoms. The van der Waals surface area contributed by atoms with Crippen LogP contribution in [0.1, 0.15) is 50.6 Å². The molecule has 4 unspecified atom stereocenters. The van der Waals surface area contributed by atoms with Gasteiger partial charge in [-0.25, -0.2) is 13.2 Å². The lowest BCUT2D eigenvalue weighted by Gasteiger charge is -2.28. The molecule has 0 spiro atoms. The Morgan fingerprint density at radius 1 is 1.14 bits per heavy atom. The maximum Gasteiger partial charge on any atom is 0.133 e. The van der Waals surface area contributed by atoms with E-state index in [4.69, 9.17) is 0 Å². The van der Waals surface area contributed by atoms with Crippen molar-refractivity contribution in [3.8, 4) is 0 Å². The van der Waals surface area contributed by atoms with Crippen LogP contribution in [0, 0.1) is 35.2 Å². The molecule has 0 radical (unpaired) electrons. The summed E-state index contributed by atoms with van der Waals surface area (Å²) in [4.78, 5) is 0. The van der Waals surface area contributed by atoms with Crippen molar-refractivity contribution in [1.29, 1.82) is 0 Å². The fourth-order valence-corrected chi connectivity index (χ4v) is 4.40. The summed E-state index contributed by atoms with van der Waals surface area (Å²) < 4.78 is 41.1. The Balaban J connectivity index is 1.81. The van der Waals surface area contributed by atoms with Gasteiger partial charge < -0.3 is 5.32 Å². The van der Waals surface area contributed by atoms with Crippen molar-refractivity contribution in [2.75, 3.05) is 6.54 Å². The van der Waals surface area contributed by atoms with Crippen LogP contribution in [0.2, 0.25) is 0 Å². The molecule has 0 saturated heterocycles. The van der Waals surface area contributed by atoms with Gasteiger partial charge in [-0.2, -0.15) is 0 Å². The first-order chi connectivity index (χ1) is 10.1. The van der Waals surface area contributed by atoms with Crippen LogP contribution in [0.25, 0.3) is 0 Å². The zero-order valence-corrected chi connectivity index (χ0v) is 12.3. The molecular weight excluding hydrogens is 275 g/mol. The smallest absolute Gasteiger partial charge is 0.133 e. The van der Waals surface area contributed by atoms with Crippen molar-refractivity contribution in [1.82, 2.24) is 5.32 Å². The largest absolute Gasteiger partial charge is 0.310 e. The van der Waals surface area contributed by atoms with Gasteiger partial charge in [0.1, 0.15) is 17.5 Å². The first-order valence-corrected chi connectivity index (χ1v) is 7.96. The summed E-state index contributed by atoms with van der Waals surface area (Å²) in [7, 11) is 0. The summed E-state index contributed by atoms with van der Waals surface area (Å²) in [6.07, 6.45) is 5.76. The molecule has 1 N–H and O–H groups in total. The van der Waals surface area contributed by atoms with Crippen LogP contribution < -0.4 is 5.32 Å². The Morgan fingerprint density at radius 3 is 2.38 bits per heavy atom. The van der Waals surface area contributed by atoms with Gasteiger partial charge in [0.2, 0.25) is 0 Å². The van der Waals surface area contributed by atoms with Crippen molar-refractivity contribution in [3.63, 3.8) is 0 Å². The van der Waals surface area contributed by atoms with Gasteiger partial charge in [0.15, 0.2) is 0 Å². The minimum atomic E-state index is -0.857. The predicted octanol–water partition coefficient (Wildman–Crippen LogP) is 4.58. The third kappa shape index (κ3) is 2.96. The van der Waals surface area contributed by atoms with Gasteiger partial charge in [0, 0.05) is 23.7 Å². The fourth-order valence-electron chi connectivity index (χ4n) is 4.40. The highest BCUT2D eigenvalue weighted by atomic mass is 19.1. The average Bonchev–Trinajstić information content (AvgIpc) is 2.99. The van der Waals surface area contributed by atoms with E-state index in [1.54, 1.807) is 0 Å². The van der Waals surface area contributed by atoms with Crippen molar-refractivity contribution in [2.45, 2.75) is 45.1 Å². The minimum Gasteiger partial charge on any atom is -0.310 e. The maximum absolute atomic E-state index is 14.0. The molecule has 2 aliphatic carbocycles. The molecule has 0 amide bonds. The van der Waals surface area contributed by atoms with E-state index in [1.807, 2.05) is 6.92 Å². The first kappa shape index (κ1) is 14.9. The number of nitrogens with one attached hydrogen (secondary N) is 1. The van der Waals surface area contributed by atoms with E-state index < -0.39 is 17.5 Å². The second-order valence-electron chi connectivity index (χ2n) is 6.56. The average molecular weight is 297 g/mol. The molecule has 0 aromatic heterocycles. The molecule has 0 aliphatic heterocycles. The summed E-state index contributed by atoms with van der Waals surface area (Å²) in [5, 5.41) is 3.18. The molecule has 1 aromatic rings. The van der Waals surface area contributed by atoms with Crippen LogP contribution in [-0.4, -0.2) is 6.54 Å². The monoisotopic (exact) mass is 297 g/mol. The molecule has 4 heteroatoms. The van der Waals surface area contributed by atoms with Crippen molar-refractivity contribution in [2.24, 2.45) is 17.8 Å². The lowest BCUT2D eigenvalue weighted by atomic mass is 9.82. The Kier molecular flexibility index (Phi) is 4.25. The lowest BCUT2D eigenvalue weighted by molar-refractivity contribution is 0.275. The van der Waals surface area contributed by atoms with Crippen LogP contribution in [0.3, 0.4) is 0 Å². The van der Waals surface area contributed by atoms with Crippen LogP contribution >= 0.6 is 0 Å². The number of hydrogen-bond donors (Lipinski definition) is 1. The van der Waals surface area contributed by atoms with Crippen LogP contribution in [0.5, 0.6) is 0 Å². The summed E-state index contributed by atoms with van der Waals surface area (Å²) in [6, 6.07) is 1.20. The molecule has 21 heavy (non-hydrogen) atoms. The van der Waals surface area contributed by atoms with Gasteiger partial charge in [-0.3, -0.25) is 0 Å². The molecule has 2 saturated carbocycles. The molecule has 3 rings (SSSR count). The number of fused-ring (bicyclic) bond motifs is 2. The van der Waals surface area contributed by atoms with Crippen molar-refractivity contribution < 1.29 is 13.2 Å². The van der Waals surface area contributed by atoms with Crippen molar-refractivity contribution >= 4 is 0 Å². The van der Waals surface area contributed by atoms with Gasteiger partial charge in [-0.05, 0) is 50.0 Å². The quantitative estimate of drug-likeness (QED) is 0.838. The molecule has 1 nitrogen and oxygen atoms in total. The molecular formula is C17H22F3N. The maximum atomic E-state index is 14.0. The topological polar surface area (TPSA) is 12.0 Å². The zero-order valence-electron chi connectivity index (χ0n) is 12.3. The Labute approximate surface area is 123 Å². The van der Waals surface area contributed by atoms with E-state index in [1.165, 1.54) is 25.7 Å². The van der Waals surface area contributed by atoms with Crippen LogP contribution in [0.15, 0.2) is 12.1 Å². The van der Waals surface area contributed by atoms with E-state index >= 15 is 0 Å². The van der Waals surface area contributed by atoms with Gasteiger partial charge in [0.05, 0.1) is 0 Å². The van der Waals surface area contributed by atoms with E-state index in [0.717, 1.165) is 24.5 Å². The highest BCUT2D eigenvalue weighted by molar-refractivity contribution is 5.24. The first-order valence-electron chi connectivity index (χ1n) is 7.96. The normalized spacial score (nSPS) is 29.0. The van der Waals surface area contributed by atoms with Crippen molar-refractivity contribution in [3.05, 3.63) is 35.1 Å². The summed E-state index contributed by atoms with van der Waals surface area (Å²) in [5.41, 5.74) is 0.000948. The van der Waals surface area contributed by atoms with Crippen LogP contribution in [-0.2, 0) is 0 Å². The predicted molar refractivity (Wildman–Crippen MR) is 76.3 cm³/mol. The van der Waals surface area contributed by atoms with E-state index in [0.29, 0.717) is 18.4 Å². The summed E-state index contributed by atoms with van der Waals surface area (Å²) in [6.45, 7) is 2.56. The third-order valence-electron chi connectivity index (χ3n) is 5.27. The third-order valence-corrected chi connectivity index (χ3v) is 5.27. The lowest BCUT2D eigenvalue weighted by Crippen LogP contribution is -2.27. The number of halogens is 3. The van der Waals surface area contributed by atoms with Gasteiger partial charge in [-0.15, -0.1) is 0 Å². The standard InChI is InChI=1S/C17H22F3N/c1-2-21-16(7-12-6-10-3-4-11(12)5-10)17-14(19)8-13(18)9-15(17)20/h8-12,16,21H,2-7H2,1H3. The van der Waals surface area contributed by atoms with E-state index in [2.05, 4.69) is 5.32 Å².